The molecule has 3 nitrogen and oxygen atoms in total. The summed E-state index contributed by atoms with van der Waals surface area (Å²) in [4.78, 5) is 0. The lowest BCUT2D eigenvalue weighted by molar-refractivity contribution is 0.287. The molecule has 0 aromatic carbocycles. The minimum Gasteiger partial charge on any atom is -0.483 e. The molecule has 0 saturated carbocycles. The SMILES string of the molecule is CO/C(N)=C/C=C(\N)C(C)(C)C. The van der Waals surface area contributed by atoms with Gasteiger partial charge in [-0.1, -0.05) is 20.8 Å². The molecule has 0 unspecified atom stereocenters. The Balaban J connectivity index is 4.39. The van der Waals surface area contributed by atoms with Crippen LogP contribution in [0.3, 0.4) is 0 Å². The van der Waals surface area contributed by atoms with Crippen molar-refractivity contribution in [3.8, 4) is 0 Å². The Kier molecular flexibility index (Phi) is 3.67. The maximum Gasteiger partial charge on any atom is 0.183 e. The van der Waals surface area contributed by atoms with E-state index in [1.165, 1.54) is 7.11 Å². The van der Waals surface area contributed by atoms with Crippen molar-refractivity contribution in [2.24, 2.45) is 16.9 Å². The van der Waals surface area contributed by atoms with Gasteiger partial charge in [0.2, 0.25) is 0 Å². The number of hydrogen-bond donors (Lipinski definition) is 2. The minimum absolute atomic E-state index is 0.0233. The molecule has 0 aliphatic carbocycles. The van der Waals surface area contributed by atoms with Gasteiger partial charge in [0.1, 0.15) is 0 Å². The third-order valence-corrected chi connectivity index (χ3v) is 1.53. The van der Waals surface area contributed by atoms with Crippen LogP contribution < -0.4 is 11.5 Å². The average molecular weight is 170 g/mol. The monoisotopic (exact) mass is 170 g/mol. The fourth-order valence-corrected chi connectivity index (χ4v) is 0.490. The number of ether oxygens (including phenoxy) is 1. The first-order valence-corrected chi connectivity index (χ1v) is 3.85. The van der Waals surface area contributed by atoms with Crippen LogP contribution in [0.4, 0.5) is 0 Å². The van der Waals surface area contributed by atoms with E-state index in [0.717, 1.165) is 5.70 Å². The molecule has 0 bridgehead atoms. The highest BCUT2D eigenvalue weighted by atomic mass is 16.5. The van der Waals surface area contributed by atoms with Gasteiger partial charge in [-0.3, -0.25) is 0 Å². The number of allylic oxidation sites excluding steroid dienone is 3. The van der Waals surface area contributed by atoms with Crippen molar-refractivity contribution in [2.75, 3.05) is 7.11 Å². The van der Waals surface area contributed by atoms with Gasteiger partial charge in [0, 0.05) is 11.1 Å². The van der Waals surface area contributed by atoms with Crippen LogP contribution >= 0.6 is 0 Å². The molecular weight excluding hydrogens is 152 g/mol. The van der Waals surface area contributed by atoms with Crippen LogP contribution in [0.5, 0.6) is 0 Å². The summed E-state index contributed by atoms with van der Waals surface area (Å²) in [5.74, 6) is 0.363. The van der Waals surface area contributed by atoms with Crippen molar-refractivity contribution >= 4 is 0 Å². The summed E-state index contributed by atoms with van der Waals surface area (Å²) in [5, 5.41) is 0. The molecule has 4 N–H and O–H groups in total. The van der Waals surface area contributed by atoms with Crippen molar-refractivity contribution in [1.29, 1.82) is 0 Å². The fourth-order valence-electron chi connectivity index (χ4n) is 0.490. The molecule has 3 heteroatoms. The molecule has 0 amide bonds. The van der Waals surface area contributed by atoms with E-state index < -0.39 is 0 Å². The zero-order chi connectivity index (χ0) is 9.78. The van der Waals surface area contributed by atoms with E-state index in [0.29, 0.717) is 5.88 Å². The molecule has 70 valence electrons. The normalized spacial score (nSPS) is 14.7. The van der Waals surface area contributed by atoms with Gasteiger partial charge in [-0.2, -0.15) is 0 Å². The van der Waals surface area contributed by atoms with Crippen LogP contribution in [0.15, 0.2) is 23.7 Å². The molecule has 0 saturated heterocycles. The van der Waals surface area contributed by atoms with Crippen molar-refractivity contribution in [3.63, 3.8) is 0 Å². The number of methoxy groups -OCH3 is 1. The molecule has 0 heterocycles. The zero-order valence-electron chi connectivity index (χ0n) is 8.22. The summed E-state index contributed by atoms with van der Waals surface area (Å²) in [5.41, 5.74) is 11.9. The van der Waals surface area contributed by atoms with E-state index in [9.17, 15) is 0 Å². The molecule has 0 radical (unpaired) electrons. The van der Waals surface area contributed by atoms with Crippen LogP contribution in [0.1, 0.15) is 20.8 Å². The van der Waals surface area contributed by atoms with Gasteiger partial charge in [-0.05, 0) is 12.2 Å². The number of rotatable bonds is 2. The Morgan fingerprint density at radius 1 is 1.17 bits per heavy atom. The van der Waals surface area contributed by atoms with Gasteiger partial charge in [-0.15, -0.1) is 0 Å². The lowest BCUT2D eigenvalue weighted by Crippen LogP contribution is -2.16. The lowest BCUT2D eigenvalue weighted by Gasteiger charge is -2.18. The van der Waals surface area contributed by atoms with Gasteiger partial charge in [0.15, 0.2) is 5.88 Å². The fraction of sp³-hybridized carbons (Fsp3) is 0.556. The highest BCUT2D eigenvalue weighted by molar-refractivity contribution is 5.15. The summed E-state index contributed by atoms with van der Waals surface area (Å²) < 4.78 is 4.75. The Hall–Kier alpha value is -1.12. The Morgan fingerprint density at radius 2 is 1.67 bits per heavy atom. The van der Waals surface area contributed by atoms with E-state index >= 15 is 0 Å². The highest BCUT2D eigenvalue weighted by Gasteiger charge is 2.12. The second kappa shape index (κ2) is 4.04. The lowest BCUT2D eigenvalue weighted by atomic mass is 9.92. The molecule has 0 aromatic heterocycles. The van der Waals surface area contributed by atoms with E-state index in [1.54, 1.807) is 12.2 Å². The maximum atomic E-state index is 5.76. The second-order valence-corrected chi connectivity index (χ2v) is 3.65. The standard InChI is InChI=1S/C9H18N2O/c1-9(2,3)7(10)5-6-8(11)12-4/h5-6H,10-11H2,1-4H3/b7-5-,8-6+. The van der Waals surface area contributed by atoms with E-state index in [1.807, 2.05) is 20.8 Å². The zero-order valence-corrected chi connectivity index (χ0v) is 8.22. The Bertz CT molecular complexity index is 199. The summed E-state index contributed by atoms with van der Waals surface area (Å²) in [6.45, 7) is 6.11. The molecule has 0 aliphatic rings. The van der Waals surface area contributed by atoms with Crippen molar-refractivity contribution in [2.45, 2.75) is 20.8 Å². The topological polar surface area (TPSA) is 61.3 Å². The summed E-state index contributed by atoms with van der Waals surface area (Å²) in [6.07, 6.45) is 3.42. The van der Waals surface area contributed by atoms with E-state index in [2.05, 4.69) is 0 Å². The van der Waals surface area contributed by atoms with Crippen molar-refractivity contribution < 1.29 is 4.74 Å². The molecule has 0 atom stereocenters. The first-order chi connectivity index (χ1) is 5.38. The van der Waals surface area contributed by atoms with E-state index in [-0.39, 0.29) is 5.41 Å². The average Bonchev–Trinajstić information content (AvgIpc) is 1.97. The number of nitrogens with two attached hydrogens (primary N) is 2. The quantitative estimate of drug-likeness (QED) is 0.485. The smallest absolute Gasteiger partial charge is 0.183 e. The van der Waals surface area contributed by atoms with Crippen molar-refractivity contribution in [1.82, 2.24) is 0 Å². The third-order valence-electron chi connectivity index (χ3n) is 1.53. The summed E-state index contributed by atoms with van der Waals surface area (Å²) in [6, 6.07) is 0. The molecule has 0 aliphatic heterocycles. The predicted octanol–water partition coefficient (Wildman–Crippen LogP) is 1.32. The minimum atomic E-state index is -0.0233. The van der Waals surface area contributed by atoms with Gasteiger partial charge >= 0.3 is 0 Å². The second-order valence-electron chi connectivity index (χ2n) is 3.65. The first-order valence-electron chi connectivity index (χ1n) is 3.85. The van der Waals surface area contributed by atoms with Crippen LogP contribution in [0, 0.1) is 5.41 Å². The van der Waals surface area contributed by atoms with Crippen LogP contribution in [-0.2, 0) is 4.74 Å². The molecular formula is C9H18N2O. The van der Waals surface area contributed by atoms with Crippen LogP contribution in [-0.4, -0.2) is 7.11 Å². The first kappa shape index (κ1) is 10.9. The van der Waals surface area contributed by atoms with Crippen molar-refractivity contribution in [3.05, 3.63) is 23.7 Å². The molecule has 0 spiro atoms. The largest absolute Gasteiger partial charge is 0.483 e. The van der Waals surface area contributed by atoms with Gasteiger partial charge in [0.25, 0.3) is 0 Å². The van der Waals surface area contributed by atoms with Crippen LogP contribution in [0.25, 0.3) is 0 Å². The maximum absolute atomic E-state index is 5.76. The highest BCUT2D eigenvalue weighted by Crippen LogP contribution is 2.20. The molecule has 0 aromatic rings. The van der Waals surface area contributed by atoms with Crippen LogP contribution in [0.2, 0.25) is 0 Å². The molecule has 0 rings (SSSR count). The summed E-state index contributed by atoms with van der Waals surface area (Å²) in [7, 11) is 1.52. The molecule has 0 fully saturated rings. The number of hydrogen-bond acceptors (Lipinski definition) is 3. The Labute approximate surface area is 74.1 Å². The predicted molar refractivity (Wildman–Crippen MR) is 51.0 cm³/mol. The van der Waals surface area contributed by atoms with E-state index in [4.69, 9.17) is 16.2 Å². The van der Waals surface area contributed by atoms with Gasteiger partial charge in [-0.25, -0.2) is 0 Å². The third kappa shape index (κ3) is 3.91. The summed E-state index contributed by atoms with van der Waals surface area (Å²) >= 11 is 0. The Morgan fingerprint density at radius 3 is 2.00 bits per heavy atom. The molecule has 12 heavy (non-hydrogen) atoms. The van der Waals surface area contributed by atoms with Gasteiger partial charge < -0.3 is 16.2 Å². The van der Waals surface area contributed by atoms with Gasteiger partial charge in [0.05, 0.1) is 7.11 Å².